The molecule has 0 aliphatic heterocycles. The van der Waals surface area contributed by atoms with Crippen LogP contribution in [0.4, 0.5) is 11.6 Å². The molecule has 0 fully saturated rings. The van der Waals surface area contributed by atoms with Crippen molar-refractivity contribution in [1.82, 2.24) is 19.9 Å². The number of aryl methyl sites for hydroxylation is 1. The highest BCUT2D eigenvalue weighted by molar-refractivity contribution is 5.81. The summed E-state index contributed by atoms with van der Waals surface area (Å²) in [6, 6.07) is 6.85. The summed E-state index contributed by atoms with van der Waals surface area (Å²) in [6.45, 7) is 2.27. The first-order valence-corrected chi connectivity index (χ1v) is 6.44. The maximum atomic E-state index is 12.0. The van der Waals surface area contributed by atoms with Gasteiger partial charge in [-0.15, -0.1) is 0 Å². The van der Waals surface area contributed by atoms with Gasteiger partial charge in [0.05, 0.1) is 23.1 Å². The monoisotopic (exact) mass is 282 g/mol. The van der Waals surface area contributed by atoms with Gasteiger partial charge in [0.2, 0.25) is 5.95 Å². The van der Waals surface area contributed by atoms with E-state index in [0.717, 1.165) is 5.69 Å². The predicted octanol–water partition coefficient (Wildman–Crippen LogP) is 1.22. The van der Waals surface area contributed by atoms with E-state index in [1.54, 1.807) is 30.5 Å². The van der Waals surface area contributed by atoms with Crippen LogP contribution in [-0.2, 0) is 6.54 Å². The average molecular weight is 282 g/mol. The molecular weight excluding hydrogens is 268 g/mol. The van der Waals surface area contributed by atoms with Gasteiger partial charge in [-0.05, 0) is 31.2 Å². The van der Waals surface area contributed by atoms with Crippen LogP contribution in [0.3, 0.4) is 0 Å². The van der Waals surface area contributed by atoms with E-state index < -0.39 is 0 Å². The van der Waals surface area contributed by atoms with E-state index in [4.69, 9.17) is 5.73 Å². The largest absolute Gasteiger partial charge is 0.399 e. The average Bonchev–Trinajstić information content (AvgIpc) is 2.46. The molecule has 7 nitrogen and oxygen atoms in total. The number of hydrogen-bond donors (Lipinski definition) is 3. The predicted molar refractivity (Wildman–Crippen MR) is 80.9 cm³/mol. The van der Waals surface area contributed by atoms with Crippen molar-refractivity contribution in [2.75, 3.05) is 11.1 Å². The summed E-state index contributed by atoms with van der Waals surface area (Å²) in [5.41, 5.74) is 7.39. The van der Waals surface area contributed by atoms with E-state index in [1.807, 2.05) is 6.92 Å². The quantitative estimate of drug-likeness (QED) is 0.623. The van der Waals surface area contributed by atoms with Crippen LogP contribution in [0.15, 0.2) is 35.3 Å². The standard InChI is InChI=1S/C14H14N6O/c1-8-16-5-4-10(18-8)7-17-14-19-12-3-2-9(15)6-11(12)13(21)20-14/h2-6H,7,15H2,1H3,(H2,17,19,20,21). The Balaban J connectivity index is 1.88. The molecule has 0 saturated heterocycles. The number of benzene rings is 1. The molecule has 0 unspecified atom stereocenters. The Kier molecular flexibility index (Phi) is 3.23. The van der Waals surface area contributed by atoms with Crippen LogP contribution < -0.4 is 16.6 Å². The van der Waals surface area contributed by atoms with Crippen LogP contribution in [0.25, 0.3) is 10.9 Å². The minimum Gasteiger partial charge on any atom is -0.399 e. The fourth-order valence-corrected chi connectivity index (χ4v) is 2.02. The first-order chi connectivity index (χ1) is 10.1. The van der Waals surface area contributed by atoms with E-state index in [1.165, 1.54) is 0 Å². The molecule has 0 bridgehead atoms. The van der Waals surface area contributed by atoms with Gasteiger partial charge in [-0.3, -0.25) is 9.78 Å². The molecule has 0 spiro atoms. The molecule has 2 heterocycles. The summed E-state index contributed by atoms with van der Waals surface area (Å²) in [5, 5.41) is 3.52. The fraction of sp³-hybridized carbons (Fsp3) is 0.143. The second-order valence-corrected chi connectivity index (χ2v) is 4.64. The smallest absolute Gasteiger partial charge is 0.260 e. The molecule has 0 aliphatic carbocycles. The lowest BCUT2D eigenvalue weighted by molar-refractivity contribution is 0.941. The molecule has 4 N–H and O–H groups in total. The summed E-state index contributed by atoms with van der Waals surface area (Å²) in [6.07, 6.45) is 1.69. The summed E-state index contributed by atoms with van der Waals surface area (Å²) in [7, 11) is 0. The minimum atomic E-state index is -0.228. The molecule has 7 heteroatoms. The maximum absolute atomic E-state index is 12.0. The Labute approximate surface area is 120 Å². The van der Waals surface area contributed by atoms with Crippen molar-refractivity contribution in [3.63, 3.8) is 0 Å². The normalized spacial score (nSPS) is 10.7. The number of anilines is 2. The Hall–Kier alpha value is -2.96. The first-order valence-electron chi connectivity index (χ1n) is 6.44. The van der Waals surface area contributed by atoms with Crippen molar-refractivity contribution < 1.29 is 0 Å². The highest BCUT2D eigenvalue weighted by Crippen LogP contribution is 2.13. The van der Waals surface area contributed by atoms with E-state index in [2.05, 4.69) is 25.3 Å². The fourth-order valence-electron chi connectivity index (χ4n) is 2.02. The molecule has 2 aromatic heterocycles. The highest BCUT2D eigenvalue weighted by Gasteiger charge is 2.04. The molecule has 0 radical (unpaired) electrons. The zero-order chi connectivity index (χ0) is 14.8. The van der Waals surface area contributed by atoms with Crippen LogP contribution >= 0.6 is 0 Å². The minimum absolute atomic E-state index is 0.228. The summed E-state index contributed by atoms with van der Waals surface area (Å²) in [5.74, 6) is 1.10. The molecular formula is C14H14N6O. The lowest BCUT2D eigenvalue weighted by Gasteiger charge is -2.06. The third-order valence-corrected chi connectivity index (χ3v) is 3.00. The van der Waals surface area contributed by atoms with Gasteiger partial charge >= 0.3 is 0 Å². The zero-order valence-electron chi connectivity index (χ0n) is 11.4. The Morgan fingerprint density at radius 1 is 1.29 bits per heavy atom. The third kappa shape index (κ3) is 2.81. The molecule has 0 aliphatic rings. The maximum Gasteiger partial charge on any atom is 0.260 e. The molecule has 3 rings (SSSR count). The van der Waals surface area contributed by atoms with Gasteiger partial charge in [0, 0.05) is 11.9 Å². The number of H-pyrrole nitrogens is 1. The van der Waals surface area contributed by atoms with Crippen molar-refractivity contribution in [3.05, 3.63) is 52.3 Å². The SMILES string of the molecule is Cc1nccc(CNc2nc3ccc(N)cc3c(=O)[nH]2)n1. The molecule has 1 aromatic carbocycles. The molecule has 21 heavy (non-hydrogen) atoms. The topological polar surface area (TPSA) is 110 Å². The number of fused-ring (bicyclic) bond motifs is 1. The van der Waals surface area contributed by atoms with Crippen LogP contribution in [-0.4, -0.2) is 19.9 Å². The number of rotatable bonds is 3. The molecule has 0 atom stereocenters. The van der Waals surface area contributed by atoms with Gasteiger partial charge in [-0.2, -0.15) is 0 Å². The lowest BCUT2D eigenvalue weighted by Crippen LogP contribution is -2.14. The third-order valence-electron chi connectivity index (χ3n) is 3.00. The van der Waals surface area contributed by atoms with Crippen molar-refractivity contribution in [2.24, 2.45) is 0 Å². The summed E-state index contributed by atoms with van der Waals surface area (Å²) in [4.78, 5) is 27.3. The van der Waals surface area contributed by atoms with E-state index in [0.29, 0.717) is 34.9 Å². The molecule has 3 aromatic rings. The Morgan fingerprint density at radius 3 is 2.95 bits per heavy atom. The van der Waals surface area contributed by atoms with Gasteiger partial charge in [0.15, 0.2) is 0 Å². The van der Waals surface area contributed by atoms with Crippen LogP contribution in [0.1, 0.15) is 11.5 Å². The van der Waals surface area contributed by atoms with E-state index >= 15 is 0 Å². The number of nitrogens with zero attached hydrogens (tertiary/aromatic N) is 3. The van der Waals surface area contributed by atoms with Gasteiger partial charge in [0.1, 0.15) is 5.82 Å². The van der Waals surface area contributed by atoms with E-state index in [-0.39, 0.29) is 5.56 Å². The van der Waals surface area contributed by atoms with Gasteiger partial charge in [0.25, 0.3) is 5.56 Å². The number of aromatic nitrogens is 4. The van der Waals surface area contributed by atoms with Crippen molar-refractivity contribution in [3.8, 4) is 0 Å². The second-order valence-electron chi connectivity index (χ2n) is 4.64. The van der Waals surface area contributed by atoms with Gasteiger partial charge in [-0.25, -0.2) is 15.0 Å². The first kappa shape index (κ1) is 13.0. The number of nitrogens with one attached hydrogen (secondary N) is 2. The number of nitrogens with two attached hydrogens (primary N) is 1. The lowest BCUT2D eigenvalue weighted by atomic mass is 10.2. The van der Waals surface area contributed by atoms with Crippen LogP contribution in [0.2, 0.25) is 0 Å². The van der Waals surface area contributed by atoms with Crippen LogP contribution in [0, 0.1) is 6.92 Å². The Bertz CT molecular complexity index is 857. The van der Waals surface area contributed by atoms with Crippen LogP contribution in [0.5, 0.6) is 0 Å². The zero-order valence-corrected chi connectivity index (χ0v) is 11.4. The highest BCUT2D eigenvalue weighted by atomic mass is 16.1. The van der Waals surface area contributed by atoms with Gasteiger partial charge < -0.3 is 11.1 Å². The number of hydrogen-bond acceptors (Lipinski definition) is 6. The Morgan fingerprint density at radius 2 is 2.14 bits per heavy atom. The number of nitrogen functional groups attached to an aromatic ring is 1. The van der Waals surface area contributed by atoms with Crippen molar-refractivity contribution >= 4 is 22.5 Å². The molecule has 0 saturated carbocycles. The van der Waals surface area contributed by atoms with E-state index in [9.17, 15) is 4.79 Å². The summed E-state index contributed by atoms with van der Waals surface area (Å²) < 4.78 is 0. The molecule has 0 amide bonds. The summed E-state index contributed by atoms with van der Waals surface area (Å²) >= 11 is 0. The van der Waals surface area contributed by atoms with Gasteiger partial charge in [-0.1, -0.05) is 0 Å². The number of aromatic amines is 1. The second kappa shape index (κ2) is 5.20. The van der Waals surface area contributed by atoms with Crippen molar-refractivity contribution in [2.45, 2.75) is 13.5 Å². The van der Waals surface area contributed by atoms with Crippen molar-refractivity contribution in [1.29, 1.82) is 0 Å². The molecule has 106 valence electrons.